The van der Waals surface area contributed by atoms with Crippen LogP contribution in [0.3, 0.4) is 0 Å². The number of phenols is 2. The number of ketones is 1. The molecule has 2 aromatic carbocycles. The van der Waals surface area contributed by atoms with Gasteiger partial charge in [-0.1, -0.05) is 6.07 Å². The molecule has 6 nitrogen and oxygen atoms in total. The summed E-state index contributed by atoms with van der Waals surface area (Å²) < 4.78 is 10.8. The summed E-state index contributed by atoms with van der Waals surface area (Å²) in [5.41, 5.74) is 1.19. The lowest BCUT2D eigenvalue weighted by atomic mass is 9.94. The number of Topliss-reactive ketones (excluding diaryl/α,β-unsaturated/α-hetero) is 1. The molecular formula is C17H16O6. The number of aliphatic hydroxyl groups is 1. The van der Waals surface area contributed by atoms with Crippen molar-refractivity contribution in [3.05, 3.63) is 47.0 Å². The third kappa shape index (κ3) is 2.68. The van der Waals surface area contributed by atoms with Gasteiger partial charge in [-0.3, -0.25) is 4.79 Å². The smallest absolute Gasteiger partial charge is 0.174 e. The lowest BCUT2D eigenvalue weighted by Crippen LogP contribution is -2.20. The monoisotopic (exact) mass is 316 g/mol. The van der Waals surface area contributed by atoms with E-state index in [9.17, 15) is 20.1 Å². The number of methoxy groups -OCH3 is 1. The van der Waals surface area contributed by atoms with Gasteiger partial charge in [-0.05, 0) is 35.4 Å². The second-order valence-electron chi connectivity index (χ2n) is 5.31. The Morgan fingerprint density at radius 2 is 2.00 bits per heavy atom. The van der Waals surface area contributed by atoms with Crippen LogP contribution in [0.2, 0.25) is 0 Å². The van der Waals surface area contributed by atoms with Gasteiger partial charge in [-0.25, -0.2) is 0 Å². The molecule has 1 aliphatic heterocycles. The van der Waals surface area contributed by atoms with Crippen molar-refractivity contribution in [3.8, 4) is 23.0 Å². The fourth-order valence-corrected chi connectivity index (χ4v) is 2.68. The molecule has 1 aliphatic rings. The molecule has 0 aromatic heterocycles. The molecular weight excluding hydrogens is 300 g/mol. The predicted molar refractivity (Wildman–Crippen MR) is 81.0 cm³/mol. The largest absolute Gasteiger partial charge is 0.507 e. The van der Waals surface area contributed by atoms with Crippen molar-refractivity contribution < 1.29 is 29.6 Å². The van der Waals surface area contributed by atoms with Crippen LogP contribution in [0.1, 0.15) is 34.0 Å². The summed E-state index contributed by atoms with van der Waals surface area (Å²) in [5, 5.41) is 29.0. The van der Waals surface area contributed by atoms with Gasteiger partial charge >= 0.3 is 0 Å². The number of rotatable bonds is 3. The van der Waals surface area contributed by atoms with Gasteiger partial charge in [0, 0.05) is 0 Å². The average Bonchev–Trinajstić information content (AvgIpc) is 2.53. The number of aliphatic hydroxyl groups excluding tert-OH is 1. The highest BCUT2D eigenvalue weighted by Gasteiger charge is 2.31. The standard InChI is InChI=1S/C17H16O6/c1-22-14-3-2-10(6-11(14)19)15-7-13(21)17-12(20)4-9(8-18)5-16(17)23-15/h2-6,15,18-20H,7-8H2,1H3. The molecule has 1 heterocycles. The first-order valence-corrected chi connectivity index (χ1v) is 7.07. The van der Waals surface area contributed by atoms with Crippen molar-refractivity contribution in [2.24, 2.45) is 0 Å². The van der Waals surface area contributed by atoms with Gasteiger partial charge in [-0.15, -0.1) is 0 Å². The molecule has 0 fully saturated rings. The zero-order valence-electron chi connectivity index (χ0n) is 12.4. The van der Waals surface area contributed by atoms with Crippen molar-refractivity contribution in [1.29, 1.82) is 0 Å². The van der Waals surface area contributed by atoms with Crippen molar-refractivity contribution in [2.75, 3.05) is 7.11 Å². The molecule has 2 aromatic rings. The molecule has 120 valence electrons. The summed E-state index contributed by atoms with van der Waals surface area (Å²) in [6.45, 7) is -0.271. The van der Waals surface area contributed by atoms with E-state index in [1.165, 1.54) is 25.3 Å². The van der Waals surface area contributed by atoms with Crippen molar-refractivity contribution in [1.82, 2.24) is 0 Å². The van der Waals surface area contributed by atoms with E-state index < -0.39 is 6.10 Å². The van der Waals surface area contributed by atoms with Crippen LogP contribution in [0.5, 0.6) is 23.0 Å². The highest BCUT2D eigenvalue weighted by Crippen LogP contribution is 2.41. The molecule has 23 heavy (non-hydrogen) atoms. The Morgan fingerprint density at radius 3 is 2.65 bits per heavy atom. The molecule has 0 aliphatic carbocycles. The number of carbonyl (C=O) groups is 1. The molecule has 0 saturated heterocycles. The molecule has 0 radical (unpaired) electrons. The first-order chi connectivity index (χ1) is 11.0. The van der Waals surface area contributed by atoms with Crippen molar-refractivity contribution >= 4 is 5.78 Å². The number of hydrogen-bond acceptors (Lipinski definition) is 6. The molecule has 3 rings (SSSR count). The van der Waals surface area contributed by atoms with Crippen LogP contribution < -0.4 is 9.47 Å². The topological polar surface area (TPSA) is 96.2 Å². The molecule has 0 spiro atoms. The third-order valence-electron chi connectivity index (χ3n) is 3.82. The first kappa shape index (κ1) is 15.2. The Hall–Kier alpha value is -2.73. The quantitative estimate of drug-likeness (QED) is 0.804. The van der Waals surface area contributed by atoms with Crippen molar-refractivity contribution in [3.63, 3.8) is 0 Å². The van der Waals surface area contributed by atoms with Crippen LogP contribution in [0.15, 0.2) is 30.3 Å². The third-order valence-corrected chi connectivity index (χ3v) is 3.82. The molecule has 1 atom stereocenters. The lowest BCUT2D eigenvalue weighted by Gasteiger charge is -2.26. The maximum Gasteiger partial charge on any atom is 0.174 e. The van der Waals surface area contributed by atoms with Crippen LogP contribution in [-0.2, 0) is 6.61 Å². The van der Waals surface area contributed by atoms with E-state index in [4.69, 9.17) is 9.47 Å². The number of fused-ring (bicyclic) bond motifs is 1. The number of ether oxygens (including phenoxy) is 2. The number of phenolic OH excluding ortho intramolecular Hbond substituents is 2. The van der Waals surface area contributed by atoms with Gasteiger partial charge in [0.1, 0.15) is 23.2 Å². The molecule has 1 unspecified atom stereocenters. The van der Waals surface area contributed by atoms with E-state index in [1.807, 2.05) is 0 Å². The van der Waals surface area contributed by atoms with Gasteiger partial charge < -0.3 is 24.8 Å². The second kappa shape index (κ2) is 5.81. The summed E-state index contributed by atoms with van der Waals surface area (Å²) in [7, 11) is 1.45. The minimum Gasteiger partial charge on any atom is -0.507 e. The van der Waals surface area contributed by atoms with Gasteiger partial charge in [-0.2, -0.15) is 0 Å². The van der Waals surface area contributed by atoms with Crippen molar-refractivity contribution in [2.45, 2.75) is 19.1 Å². The lowest BCUT2D eigenvalue weighted by molar-refractivity contribution is 0.0844. The number of aromatic hydroxyl groups is 2. The summed E-state index contributed by atoms with van der Waals surface area (Å²) in [4.78, 5) is 12.3. The Bertz CT molecular complexity index is 768. The Morgan fingerprint density at radius 1 is 1.22 bits per heavy atom. The van der Waals surface area contributed by atoms with E-state index in [-0.39, 0.29) is 41.6 Å². The van der Waals surface area contributed by atoms with Gasteiger partial charge in [0.25, 0.3) is 0 Å². The summed E-state index contributed by atoms with van der Waals surface area (Å²) in [6, 6.07) is 7.66. The summed E-state index contributed by atoms with van der Waals surface area (Å²) >= 11 is 0. The Kier molecular flexibility index (Phi) is 3.83. The number of carbonyl (C=O) groups excluding carboxylic acids is 1. The fourth-order valence-electron chi connectivity index (χ4n) is 2.68. The highest BCUT2D eigenvalue weighted by atomic mass is 16.5. The predicted octanol–water partition coefficient (Wildman–Crippen LogP) is 2.31. The van der Waals surface area contributed by atoms with E-state index in [0.29, 0.717) is 16.9 Å². The van der Waals surface area contributed by atoms with Gasteiger partial charge in [0.15, 0.2) is 17.3 Å². The number of benzene rings is 2. The van der Waals surface area contributed by atoms with Crippen LogP contribution in [0.25, 0.3) is 0 Å². The van der Waals surface area contributed by atoms with Gasteiger partial charge in [0.2, 0.25) is 0 Å². The fraction of sp³-hybridized carbons (Fsp3) is 0.235. The number of hydrogen-bond donors (Lipinski definition) is 3. The summed E-state index contributed by atoms with van der Waals surface area (Å²) in [6.07, 6.45) is -0.537. The maximum absolute atomic E-state index is 12.3. The molecule has 0 bridgehead atoms. The van der Waals surface area contributed by atoms with Crippen LogP contribution in [-0.4, -0.2) is 28.2 Å². The molecule has 3 N–H and O–H groups in total. The second-order valence-corrected chi connectivity index (χ2v) is 5.31. The minimum absolute atomic E-state index is 0.0428. The highest BCUT2D eigenvalue weighted by molar-refractivity contribution is 6.02. The Balaban J connectivity index is 1.98. The normalized spacial score (nSPS) is 16.6. The maximum atomic E-state index is 12.3. The molecule has 6 heteroatoms. The van der Waals surface area contributed by atoms with E-state index in [0.717, 1.165) is 0 Å². The zero-order chi connectivity index (χ0) is 16.6. The SMILES string of the molecule is COc1ccc(C2CC(=O)c3c(O)cc(CO)cc3O2)cc1O. The zero-order valence-corrected chi connectivity index (χ0v) is 12.4. The van der Waals surface area contributed by atoms with Crippen LogP contribution >= 0.6 is 0 Å². The van der Waals surface area contributed by atoms with Gasteiger partial charge in [0.05, 0.1) is 20.1 Å². The molecule has 0 amide bonds. The Labute approximate surface area is 132 Å². The summed E-state index contributed by atoms with van der Waals surface area (Å²) in [5.74, 6) is 0.0574. The van der Waals surface area contributed by atoms with Crippen LogP contribution in [0, 0.1) is 0 Å². The van der Waals surface area contributed by atoms with E-state index in [1.54, 1.807) is 12.1 Å². The first-order valence-electron chi connectivity index (χ1n) is 7.07. The van der Waals surface area contributed by atoms with Crippen LogP contribution in [0.4, 0.5) is 0 Å². The van der Waals surface area contributed by atoms with E-state index >= 15 is 0 Å². The minimum atomic E-state index is -0.583. The van der Waals surface area contributed by atoms with E-state index in [2.05, 4.69) is 0 Å². The molecule has 0 saturated carbocycles. The average molecular weight is 316 g/mol.